The van der Waals surface area contributed by atoms with E-state index in [4.69, 9.17) is 4.74 Å². The van der Waals surface area contributed by atoms with Crippen molar-refractivity contribution in [2.45, 2.75) is 24.6 Å². The second kappa shape index (κ2) is 5.96. The predicted octanol–water partition coefficient (Wildman–Crippen LogP) is 3.64. The van der Waals surface area contributed by atoms with Gasteiger partial charge in [0, 0.05) is 18.3 Å². The minimum atomic E-state index is -4.83. The molecule has 0 fully saturated rings. The van der Waals surface area contributed by atoms with Gasteiger partial charge in [0.2, 0.25) is 0 Å². The molecule has 6 heteroatoms. The van der Waals surface area contributed by atoms with Gasteiger partial charge in [0.15, 0.2) is 5.60 Å². The topological polar surface area (TPSA) is 42.4 Å². The summed E-state index contributed by atoms with van der Waals surface area (Å²) in [6.07, 6.45) is -2.37. The van der Waals surface area contributed by atoms with Crippen LogP contribution in [0, 0.1) is 0 Å². The zero-order chi connectivity index (χ0) is 16.4. The minimum absolute atomic E-state index is 0.238. The van der Waals surface area contributed by atoms with Crippen molar-refractivity contribution in [2.24, 2.45) is 0 Å². The zero-order valence-corrected chi connectivity index (χ0v) is 12.1. The van der Waals surface area contributed by atoms with Crippen LogP contribution in [0.15, 0.2) is 48.8 Å². The Morgan fingerprint density at radius 2 is 1.59 bits per heavy atom. The fraction of sp³-hybridized carbons (Fsp3) is 0.312. The second-order valence-corrected chi connectivity index (χ2v) is 4.99. The molecule has 0 aliphatic carbocycles. The summed E-state index contributed by atoms with van der Waals surface area (Å²) in [6, 6.07) is 8.51. The summed E-state index contributed by atoms with van der Waals surface area (Å²) in [6.45, 7) is 1.34. The summed E-state index contributed by atoms with van der Waals surface area (Å²) in [5, 5.41) is 10.5. The number of hydrogen-bond acceptors (Lipinski definition) is 3. The summed E-state index contributed by atoms with van der Waals surface area (Å²) < 4.78 is 45.7. The number of halogens is 3. The second-order valence-electron chi connectivity index (χ2n) is 4.99. The third kappa shape index (κ3) is 2.78. The van der Waals surface area contributed by atoms with E-state index in [9.17, 15) is 18.3 Å². The lowest BCUT2D eigenvalue weighted by atomic mass is 9.78. The lowest BCUT2D eigenvalue weighted by Gasteiger charge is -2.36. The van der Waals surface area contributed by atoms with Gasteiger partial charge in [0.1, 0.15) is 5.75 Å². The molecule has 0 aliphatic heterocycles. The van der Waals surface area contributed by atoms with Crippen molar-refractivity contribution in [3.8, 4) is 5.75 Å². The first kappa shape index (κ1) is 16.3. The van der Waals surface area contributed by atoms with E-state index in [1.165, 1.54) is 50.7 Å². The molecule has 1 aromatic heterocycles. The molecule has 0 aliphatic rings. The van der Waals surface area contributed by atoms with Crippen LogP contribution in [0.2, 0.25) is 0 Å². The first-order chi connectivity index (χ1) is 10.3. The Morgan fingerprint density at radius 1 is 1.05 bits per heavy atom. The van der Waals surface area contributed by atoms with Gasteiger partial charge in [-0.1, -0.05) is 19.1 Å². The van der Waals surface area contributed by atoms with Crippen molar-refractivity contribution >= 4 is 0 Å². The molecule has 118 valence electrons. The van der Waals surface area contributed by atoms with Crippen LogP contribution in [-0.4, -0.2) is 23.4 Å². The molecule has 1 aromatic carbocycles. The largest absolute Gasteiger partial charge is 0.497 e. The van der Waals surface area contributed by atoms with Gasteiger partial charge in [-0.2, -0.15) is 13.2 Å². The SMILES string of the molecule is COc1ccc(C(C)C(O)(c2ccncc2)C(F)(F)F)cc1. The van der Waals surface area contributed by atoms with E-state index in [0.717, 1.165) is 0 Å². The van der Waals surface area contributed by atoms with Gasteiger partial charge in [-0.25, -0.2) is 0 Å². The van der Waals surface area contributed by atoms with Crippen LogP contribution >= 0.6 is 0 Å². The van der Waals surface area contributed by atoms with Gasteiger partial charge in [-0.05, 0) is 35.4 Å². The maximum Gasteiger partial charge on any atom is 0.422 e. The highest BCUT2D eigenvalue weighted by Crippen LogP contribution is 2.48. The summed E-state index contributed by atoms with van der Waals surface area (Å²) in [7, 11) is 1.47. The first-order valence-electron chi connectivity index (χ1n) is 6.64. The maximum absolute atomic E-state index is 13.6. The number of aromatic nitrogens is 1. The third-order valence-corrected chi connectivity index (χ3v) is 3.80. The number of aliphatic hydroxyl groups is 1. The molecule has 2 atom stereocenters. The van der Waals surface area contributed by atoms with E-state index >= 15 is 0 Å². The lowest BCUT2D eigenvalue weighted by Crippen LogP contribution is -2.46. The number of alkyl halides is 3. The summed E-state index contributed by atoms with van der Waals surface area (Å²) in [4.78, 5) is 3.70. The smallest absolute Gasteiger partial charge is 0.422 e. The molecule has 0 radical (unpaired) electrons. The number of methoxy groups -OCH3 is 1. The van der Waals surface area contributed by atoms with Crippen molar-refractivity contribution in [1.82, 2.24) is 4.98 Å². The predicted molar refractivity (Wildman–Crippen MR) is 75.6 cm³/mol. The molecule has 0 saturated carbocycles. The van der Waals surface area contributed by atoms with Crippen molar-refractivity contribution in [2.75, 3.05) is 7.11 Å². The monoisotopic (exact) mass is 311 g/mol. The molecule has 2 unspecified atom stereocenters. The van der Waals surface area contributed by atoms with Gasteiger partial charge in [-0.3, -0.25) is 4.98 Å². The van der Waals surface area contributed by atoms with Crippen LogP contribution in [0.25, 0.3) is 0 Å². The van der Waals surface area contributed by atoms with Gasteiger partial charge in [0.05, 0.1) is 7.11 Å². The first-order valence-corrected chi connectivity index (χ1v) is 6.64. The molecule has 3 nitrogen and oxygen atoms in total. The molecule has 1 heterocycles. The molecule has 1 N–H and O–H groups in total. The highest BCUT2D eigenvalue weighted by molar-refractivity contribution is 5.34. The van der Waals surface area contributed by atoms with E-state index in [2.05, 4.69) is 4.98 Å². The Morgan fingerprint density at radius 3 is 2.05 bits per heavy atom. The lowest BCUT2D eigenvalue weighted by molar-refractivity contribution is -0.274. The molecule has 2 rings (SSSR count). The average Bonchev–Trinajstić information content (AvgIpc) is 2.53. The number of benzene rings is 1. The Hall–Kier alpha value is -2.08. The van der Waals surface area contributed by atoms with Gasteiger partial charge >= 0.3 is 6.18 Å². The van der Waals surface area contributed by atoms with E-state index in [1.54, 1.807) is 12.1 Å². The normalized spacial score (nSPS) is 15.9. The maximum atomic E-state index is 13.6. The molecule has 2 aromatic rings. The number of ether oxygens (including phenoxy) is 1. The molecular formula is C16H16F3NO2. The Balaban J connectivity index is 2.49. The van der Waals surface area contributed by atoms with Crippen molar-refractivity contribution in [3.63, 3.8) is 0 Å². The highest BCUT2D eigenvalue weighted by Gasteiger charge is 2.58. The third-order valence-electron chi connectivity index (χ3n) is 3.80. The van der Waals surface area contributed by atoms with Gasteiger partial charge in [0.25, 0.3) is 0 Å². The van der Waals surface area contributed by atoms with E-state index in [-0.39, 0.29) is 5.56 Å². The standard InChI is InChI=1S/C16H16F3NO2/c1-11(12-3-5-14(22-2)6-4-12)15(21,16(17,18)19)13-7-9-20-10-8-13/h3-11,21H,1-2H3. The van der Waals surface area contributed by atoms with Crippen LogP contribution in [-0.2, 0) is 5.60 Å². The molecule has 0 saturated heterocycles. The van der Waals surface area contributed by atoms with Crippen molar-refractivity contribution in [1.29, 1.82) is 0 Å². The zero-order valence-electron chi connectivity index (χ0n) is 12.1. The van der Waals surface area contributed by atoms with E-state index in [1.807, 2.05) is 0 Å². The van der Waals surface area contributed by atoms with Crippen LogP contribution in [0.1, 0.15) is 24.0 Å². The fourth-order valence-corrected chi connectivity index (χ4v) is 2.40. The molecule has 0 bridgehead atoms. The molecule has 22 heavy (non-hydrogen) atoms. The summed E-state index contributed by atoms with van der Waals surface area (Å²) in [5.74, 6) is -0.656. The van der Waals surface area contributed by atoms with Crippen molar-refractivity contribution in [3.05, 3.63) is 59.9 Å². The number of pyridine rings is 1. The molecule has 0 spiro atoms. The number of rotatable bonds is 4. The fourth-order valence-electron chi connectivity index (χ4n) is 2.40. The van der Waals surface area contributed by atoms with Crippen LogP contribution in [0.4, 0.5) is 13.2 Å². The Kier molecular flexibility index (Phi) is 4.42. The van der Waals surface area contributed by atoms with Crippen LogP contribution in [0.3, 0.4) is 0 Å². The number of hydrogen-bond donors (Lipinski definition) is 1. The Bertz CT molecular complexity index is 614. The molecular weight excluding hydrogens is 295 g/mol. The summed E-state index contributed by atoms with van der Waals surface area (Å²) in [5.41, 5.74) is -2.87. The van der Waals surface area contributed by atoms with Crippen LogP contribution < -0.4 is 4.74 Å². The average molecular weight is 311 g/mol. The minimum Gasteiger partial charge on any atom is -0.497 e. The van der Waals surface area contributed by atoms with Crippen LogP contribution in [0.5, 0.6) is 5.75 Å². The van der Waals surface area contributed by atoms with Gasteiger partial charge in [-0.15, -0.1) is 0 Å². The highest BCUT2D eigenvalue weighted by atomic mass is 19.4. The summed E-state index contributed by atoms with van der Waals surface area (Å²) >= 11 is 0. The van der Waals surface area contributed by atoms with E-state index < -0.39 is 17.7 Å². The number of nitrogens with zero attached hydrogens (tertiary/aromatic N) is 1. The Labute approximate surface area is 126 Å². The van der Waals surface area contributed by atoms with E-state index in [0.29, 0.717) is 11.3 Å². The van der Waals surface area contributed by atoms with Gasteiger partial charge < -0.3 is 9.84 Å². The molecule has 0 amide bonds. The quantitative estimate of drug-likeness (QED) is 0.937. The van der Waals surface area contributed by atoms with Crippen molar-refractivity contribution < 1.29 is 23.0 Å².